The Morgan fingerprint density at radius 3 is 2.84 bits per heavy atom. The Balaban J connectivity index is 1.94. The van der Waals surface area contributed by atoms with Gasteiger partial charge in [-0.3, -0.25) is 4.99 Å². The van der Waals surface area contributed by atoms with E-state index in [0.717, 1.165) is 23.8 Å². The number of aliphatic imine (C=N–C) groups is 1. The van der Waals surface area contributed by atoms with Crippen LogP contribution in [-0.2, 0) is 4.74 Å². The highest BCUT2D eigenvalue weighted by atomic mass is 127. The summed E-state index contributed by atoms with van der Waals surface area (Å²) >= 11 is 6.62. The zero-order chi connectivity index (χ0) is 13.8. The molecule has 0 N–H and O–H groups in total. The Morgan fingerprint density at radius 2 is 2.16 bits per heavy atom. The van der Waals surface area contributed by atoms with Gasteiger partial charge in [0.05, 0.1) is 25.0 Å². The van der Waals surface area contributed by atoms with Crippen LogP contribution in [0.2, 0.25) is 0 Å². The Labute approximate surface area is 152 Å². The Kier molecular flexibility index (Phi) is 6.11. The molecule has 0 bridgehead atoms. The molecule has 0 saturated heterocycles. The minimum absolute atomic E-state index is 0.253. The summed E-state index contributed by atoms with van der Waals surface area (Å²) in [5.41, 5.74) is 0.645. The van der Waals surface area contributed by atoms with Crippen molar-refractivity contribution in [2.24, 2.45) is 4.99 Å². The normalized spacial score (nSPS) is 13.9. The third kappa shape index (κ3) is 4.41. The second-order valence-corrected chi connectivity index (χ2v) is 7.43. The predicted octanol–water partition coefficient (Wildman–Crippen LogP) is 3.00. The fourth-order valence-electron chi connectivity index (χ4n) is 1.62. The molecule has 1 aliphatic heterocycles. The predicted molar refractivity (Wildman–Crippen MR) is 99.8 cm³/mol. The van der Waals surface area contributed by atoms with Crippen LogP contribution in [0.5, 0.6) is 0 Å². The number of halogens is 3. The zero-order valence-electron chi connectivity index (χ0n) is 9.91. The summed E-state index contributed by atoms with van der Waals surface area (Å²) in [4.78, 5) is 18.2. The molecular formula is C12H11I3N2O2. The number of esters is 1. The van der Waals surface area contributed by atoms with Crippen LogP contribution in [0.3, 0.4) is 0 Å². The number of rotatable bonds is 4. The average Bonchev–Trinajstić information content (AvgIpc) is 2.86. The van der Waals surface area contributed by atoms with E-state index in [1.54, 1.807) is 0 Å². The van der Waals surface area contributed by atoms with Crippen molar-refractivity contribution in [2.45, 2.75) is 0 Å². The fourth-order valence-corrected chi connectivity index (χ4v) is 4.00. The number of carbonyl (C=O) groups excluding carboxylic acids is 1. The topological polar surface area (TPSA) is 41.9 Å². The molecule has 102 valence electrons. The van der Waals surface area contributed by atoms with Gasteiger partial charge in [0.15, 0.2) is 0 Å². The number of hydrogen-bond acceptors (Lipinski definition) is 4. The largest absolute Gasteiger partial charge is 0.460 e. The van der Waals surface area contributed by atoms with Crippen LogP contribution in [0.15, 0.2) is 17.1 Å². The average molecular weight is 596 g/mol. The highest BCUT2D eigenvalue weighted by molar-refractivity contribution is 14.1. The molecule has 2 rings (SSSR count). The van der Waals surface area contributed by atoms with Gasteiger partial charge in [-0.1, -0.05) is 0 Å². The minimum Gasteiger partial charge on any atom is -0.460 e. The van der Waals surface area contributed by atoms with Crippen LogP contribution in [-0.4, -0.2) is 43.4 Å². The van der Waals surface area contributed by atoms with Gasteiger partial charge in [-0.15, -0.1) is 0 Å². The van der Waals surface area contributed by atoms with E-state index in [2.05, 4.69) is 77.7 Å². The van der Waals surface area contributed by atoms with Crippen molar-refractivity contribution in [1.82, 2.24) is 4.90 Å². The van der Waals surface area contributed by atoms with Gasteiger partial charge in [0.1, 0.15) is 6.61 Å². The SMILES string of the molecule is O=C(OCCN1C=NCC1)c1cc(I)cc(I)c1I. The first-order chi connectivity index (χ1) is 9.08. The molecule has 0 fully saturated rings. The zero-order valence-corrected chi connectivity index (χ0v) is 16.4. The summed E-state index contributed by atoms with van der Waals surface area (Å²) < 4.78 is 8.39. The second kappa shape index (κ2) is 7.38. The molecule has 7 heteroatoms. The van der Waals surface area contributed by atoms with Crippen molar-refractivity contribution in [3.05, 3.63) is 28.4 Å². The van der Waals surface area contributed by atoms with E-state index in [9.17, 15) is 4.79 Å². The van der Waals surface area contributed by atoms with Gasteiger partial charge < -0.3 is 9.64 Å². The molecule has 1 aromatic carbocycles. The van der Waals surface area contributed by atoms with Gasteiger partial charge >= 0.3 is 5.97 Å². The van der Waals surface area contributed by atoms with Gasteiger partial charge in [0, 0.05) is 17.3 Å². The molecule has 0 radical (unpaired) electrons. The molecule has 1 aliphatic rings. The summed E-state index contributed by atoms with van der Waals surface area (Å²) in [5, 5.41) is 0. The quantitative estimate of drug-likeness (QED) is 0.306. The Morgan fingerprint density at radius 1 is 1.37 bits per heavy atom. The molecule has 0 atom stereocenters. The second-order valence-electron chi connectivity index (χ2n) is 3.94. The van der Waals surface area contributed by atoms with Gasteiger partial charge in [-0.25, -0.2) is 4.79 Å². The maximum atomic E-state index is 12.1. The van der Waals surface area contributed by atoms with E-state index in [-0.39, 0.29) is 5.97 Å². The molecule has 0 unspecified atom stereocenters. The molecular weight excluding hydrogens is 585 g/mol. The van der Waals surface area contributed by atoms with E-state index < -0.39 is 0 Å². The Hall–Kier alpha value is 0.350. The lowest BCUT2D eigenvalue weighted by Crippen LogP contribution is -2.25. The van der Waals surface area contributed by atoms with Crippen LogP contribution < -0.4 is 0 Å². The first-order valence-electron chi connectivity index (χ1n) is 5.63. The van der Waals surface area contributed by atoms with E-state index in [4.69, 9.17) is 4.74 Å². The van der Waals surface area contributed by atoms with Crippen LogP contribution >= 0.6 is 67.8 Å². The lowest BCUT2D eigenvalue weighted by atomic mass is 10.2. The van der Waals surface area contributed by atoms with Gasteiger partial charge in [0.25, 0.3) is 0 Å². The van der Waals surface area contributed by atoms with Crippen LogP contribution in [0.4, 0.5) is 0 Å². The van der Waals surface area contributed by atoms with Crippen molar-refractivity contribution in [3.63, 3.8) is 0 Å². The molecule has 0 saturated carbocycles. The maximum absolute atomic E-state index is 12.1. The van der Waals surface area contributed by atoms with E-state index in [1.807, 2.05) is 18.5 Å². The van der Waals surface area contributed by atoms with E-state index in [0.29, 0.717) is 18.7 Å². The van der Waals surface area contributed by atoms with Gasteiger partial charge in [0.2, 0.25) is 0 Å². The van der Waals surface area contributed by atoms with Crippen molar-refractivity contribution >= 4 is 80.1 Å². The third-order valence-corrected chi connectivity index (χ3v) is 6.25. The Bertz CT molecular complexity index is 520. The molecule has 4 nitrogen and oxygen atoms in total. The minimum atomic E-state index is -0.253. The molecule has 0 aliphatic carbocycles. The third-order valence-electron chi connectivity index (χ3n) is 2.59. The smallest absolute Gasteiger partial charge is 0.339 e. The number of benzene rings is 1. The summed E-state index contributed by atoms with van der Waals surface area (Å²) in [6.07, 6.45) is 1.81. The molecule has 1 aromatic rings. The van der Waals surface area contributed by atoms with Crippen molar-refractivity contribution in [2.75, 3.05) is 26.2 Å². The number of nitrogens with zero attached hydrogens (tertiary/aromatic N) is 2. The lowest BCUT2D eigenvalue weighted by Gasteiger charge is -2.14. The summed E-state index contributed by atoms with van der Waals surface area (Å²) in [6.45, 7) is 2.84. The van der Waals surface area contributed by atoms with E-state index >= 15 is 0 Å². The monoisotopic (exact) mass is 596 g/mol. The van der Waals surface area contributed by atoms with Gasteiger partial charge in [-0.05, 0) is 79.9 Å². The number of hydrogen-bond donors (Lipinski definition) is 0. The van der Waals surface area contributed by atoms with E-state index in [1.165, 1.54) is 0 Å². The van der Waals surface area contributed by atoms with Crippen LogP contribution in [0.25, 0.3) is 0 Å². The molecule has 1 heterocycles. The fraction of sp³-hybridized carbons (Fsp3) is 0.333. The first kappa shape index (κ1) is 15.7. The summed E-state index contributed by atoms with van der Waals surface area (Å²) in [6, 6.07) is 3.91. The molecule has 0 amide bonds. The van der Waals surface area contributed by atoms with Crippen molar-refractivity contribution in [1.29, 1.82) is 0 Å². The number of carbonyl (C=O) groups is 1. The lowest BCUT2D eigenvalue weighted by molar-refractivity contribution is 0.0488. The standard InChI is InChI=1S/C12H11I3N2O2/c13-8-5-9(11(15)10(14)6-8)12(18)19-4-3-17-2-1-16-7-17/h5-7H,1-4H2. The summed E-state index contributed by atoms with van der Waals surface area (Å²) in [7, 11) is 0. The highest BCUT2D eigenvalue weighted by Crippen LogP contribution is 2.23. The number of ether oxygens (including phenoxy) is 1. The van der Waals surface area contributed by atoms with Crippen molar-refractivity contribution in [3.8, 4) is 0 Å². The van der Waals surface area contributed by atoms with Gasteiger partial charge in [-0.2, -0.15) is 0 Å². The van der Waals surface area contributed by atoms with Crippen LogP contribution in [0, 0.1) is 10.7 Å². The molecule has 19 heavy (non-hydrogen) atoms. The van der Waals surface area contributed by atoms with Crippen LogP contribution in [0.1, 0.15) is 10.4 Å². The maximum Gasteiger partial charge on any atom is 0.339 e. The first-order valence-corrected chi connectivity index (χ1v) is 8.87. The highest BCUT2D eigenvalue weighted by Gasteiger charge is 2.15. The summed E-state index contributed by atoms with van der Waals surface area (Å²) in [5.74, 6) is -0.253. The molecule has 0 aromatic heterocycles. The van der Waals surface area contributed by atoms with Crippen molar-refractivity contribution < 1.29 is 9.53 Å². The molecule has 0 spiro atoms.